The Morgan fingerprint density at radius 3 is 0.863 bits per heavy atom. The van der Waals surface area contributed by atoms with Crippen molar-refractivity contribution < 1.29 is 85.8 Å². The van der Waals surface area contributed by atoms with E-state index in [9.17, 15) is 43.2 Å². The van der Waals surface area contributed by atoms with E-state index < -0.39 is 54.5 Å². The highest BCUT2D eigenvalue weighted by atomic mass is 16.6. The Labute approximate surface area is 419 Å². The number of carbonyl (C=O) groups is 9. The van der Waals surface area contributed by atoms with E-state index in [1.54, 1.807) is 62.1 Å². The fourth-order valence-corrected chi connectivity index (χ4v) is 5.55. The van der Waals surface area contributed by atoms with E-state index in [-0.39, 0.29) is 96.2 Å². The second-order valence-corrected chi connectivity index (χ2v) is 14.6. The van der Waals surface area contributed by atoms with Crippen molar-refractivity contribution in [2.24, 2.45) is 0 Å². The average Bonchev–Trinajstić information content (AvgIpc) is 3.35. The zero-order chi connectivity index (χ0) is 53.5. The predicted octanol–water partition coefficient (Wildman–Crippen LogP) is 6.79. The lowest BCUT2D eigenvalue weighted by Gasteiger charge is -2.22. The number of rotatable bonds is 27. The van der Waals surface area contributed by atoms with Gasteiger partial charge in [-0.15, -0.1) is 0 Å². The molecule has 6 N–H and O–H groups in total. The first-order valence-corrected chi connectivity index (χ1v) is 22.0. The molecule has 0 fully saturated rings. The van der Waals surface area contributed by atoms with Crippen molar-refractivity contribution in [3.05, 3.63) is 109 Å². The molecular formula is C48H57N7O18. The molecule has 0 saturated carbocycles. The number of hydrogen-bond donors (Lipinski definition) is 6. The van der Waals surface area contributed by atoms with E-state index in [2.05, 4.69) is 51.6 Å². The van der Waals surface area contributed by atoms with E-state index in [4.69, 9.17) is 42.6 Å². The number of amides is 6. The van der Waals surface area contributed by atoms with Crippen LogP contribution in [0.15, 0.2) is 92.6 Å². The van der Waals surface area contributed by atoms with Crippen LogP contribution in [0.3, 0.4) is 0 Å². The molecule has 0 bridgehead atoms. The molecule has 0 heterocycles. The largest absolute Gasteiger partial charge is 0.459 e. The Bertz CT molecular complexity index is 2200. The van der Waals surface area contributed by atoms with Gasteiger partial charge in [0.1, 0.15) is 59.5 Å². The quantitative estimate of drug-likeness (QED) is 0.0198. The molecule has 3 aromatic rings. The minimum Gasteiger partial charge on any atom is -0.459 e. The highest BCUT2D eigenvalue weighted by Gasteiger charge is 2.16. The second-order valence-electron chi connectivity index (χ2n) is 14.6. The van der Waals surface area contributed by atoms with Gasteiger partial charge in [0.2, 0.25) is 0 Å². The number of esters is 3. The van der Waals surface area contributed by atoms with Crippen LogP contribution in [0, 0.1) is 20.8 Å². The number of benzene rings is 3. The van der Waals surface area contributed by atoms with Crippen LogP contribution in [0.25, 0.3) is 0 Å². The fraction of sp³-hybridized carbons (Fsp3) is 0.312. The molecular weight excluding hydrogens is 963 g/mol. The van der Waals surface area contributed by atoms with Gasteiger partial charge in [-0.1, -0.05) is 37.9 Å². The molecule has 25 nitrogen and oxygen atoms in total. The van der Waals surface area contributed by atoms with E-state index in [1.807, 2.05) is 0 Å². The molecule has 0 aromatic heterocycles. The first kappa shape index (κ1) is 58.2. The third-order valence-electron chi connectivity index (χ3n) is 9.27. The number of nitrogens with zero attached hydrogens (tertiary/aromatic N) is 1. The first-order chi connectivity index (χ1) is 35.0. The zero-order valence-corrected chi connectivity index (χ0v) is 40.3. The lowest BCUT2D eigenvalue weighted by atomic mass is 10.2. The summed E-state index contributed by atoms with van der Waals surface area (Å²) in [5.74, 6) is -2.01. The summed E-state index contributed by atoms with van der Waals surface area (Å²) in [5.41, 5.74) is 3.65. The predicted molar refractivity (Wildman–Crippen MR) is 263 cm³/mol. The highest BCUT2D eigenvalue weighted by molar-refractivity contribution is 5.92. The molecule has 6 amide bonds. The highest BCUT2D eigenvalue weighted by Crippen LogP contribution is 2.23. The van der Waals surface area contributed by atoms with Gasteiger partial charge in [-0.05, 0) is 73.9 Å². The van der Waals surface area contributed by atoms with Crippen LogP contribution in [0.4, 0.5) is 62.9 Å². The van der Waals surface area contributed by atoms with Crippen LogP contribution in [-0.4, -0.2) is 138 Å². The SMILES string of the molecule is C=CC(=O)OCCOC(=O)Nc1cc(NC(=O)OCCN(CCOC(=O)Nc2ccc(C)c(NC(=O)OCCOC(=O)C=C)c2)CCOC(=O)Nc2ccc(C)c(NC(=O)OCCOC(=O)C=C)c2)ccc1C. The summed E-state index contributed by atoms with van der Waals surface area (Å²) < 4.78 is 45.5. The number of ether oxygens (including phenoxy) is 9. The van der Waals surface area contributed by atoms with Gasteiger partial charge in [0.15, 0.2) is 0 Å². The average molecular weight is 1020 g/mol. The minimum absolute atomic E-state index is 0.0671. The molecule has 25 heteroatoms. The van der Waals surface area contributed by atoms with Crippen LogP contribution in [-0.2, 0) is 57.0 Å². The lowest BCUT2D eigenvalue weighted by molar-refractivity contribution is -0.139. The van der Waals surface area contributed by atoms with Crippen LogP contribution in [0.5, 0.6) is 0 Å². The molecule has 0 aliphatic heterocycles. The molecule has 0 atom stereocenters. The van der Waals surface area contributed by atoms with E-state index in [0.29, 0.717) is 33.8 Å². The topological polar surface area (TPSA) is 312 Å². The lowest BCUT2D eigenvalue weighted by Crippen LogP contribution is -2.36. The normalized spacial score (nSPS) is 10.2. The number of carbonyl (C=O) groups excluding carboxylic acids is 9. The van der Waals surface area contributed by atoms with Gasteiger partial charge in [0.05, 0.1) is 0 Å². The maximum atomic E-state index is 12.8. The summed E-state index contributed by atoms with van der Waals surface area (Å²) >= 11 is 0. The molecule has 0 radical (unpaired) electrons. The second kappa shape index (κ2) is 31.9. The van der Waals surface area contributed by atoms with Crippen LogP contribution in [0.1, 0.15) is 16.7 Å². The van der Waals surface area contributed by atoms with Crippen LogP contribution < -0.4 is 31.9 Å². The van der Waals surface area contributed by atoms with Gasteiger partial charge in [-0.25, -0.2) is 43.2 Å². The van der Waals surface area contributed by atoms with Crippen molar-refractivity contribution in [3.8, 4) is 0 Å². The Balaban J connectivity index is 1.58. The Morgan fingerprint density at radius 2 is 0.603 bits per heavy atom. The molecule has 0 aliphatic carbocycles. The molecule has 392 valence electrons. The van der Waals surface area contributed by atoms with Gasteiger partial charge in [0, 0.05) is 72.0 Å². The summed E-state index contributed by atoms with van der Waals surface area (Å²) in [5, 5.41) is 15.3. The maximum Gasteiger partial charge on any atom is 0.411 e. The Kier molecular flexibility index (Phi) is 25.4. The molecule has 0 saturated heterocycles. The molecule has 73 heavy (non-hydrogen) atoms. The molecule has 0 spiro atoms. The summed E-state index contributed by atoms with van der Waals surface area (Å²) in [6, 6.07) is 14.0. The van der Waals surface area contributed by atoms with E-state index >= 15 is 0 Å². The van der Waals surface area contributed by atoms with Crippen LogP contribution >= 0.6 is 0 Å². The van der Waals surface area contributed by atoms with E-state index in [0.717, 1.165) is 18.2 Å². The minimum atomic E-state index is -0.851. The Morgan fingerprint density at radius 1 is 0.370 bits per heavy atom. The Hall–Kier alpha value is -9.13. The monoisotopic (exact) mass is 1020 g/mol. The van der Waals surface area contributed by atoms with Gasteiger partial charge in [-0.3, -0.25) is 36.8 Å². The zero-order valence-electron chi connectivity index (χ0n) is 40.3. The van der Waals surface area contributed by atoms with Crippen molar-refractivity contribution in [1.29, 1.82) is 0 Å². The summed E-state index contributed by atoms with van der Waals surface area (Å²) in [6.45, 7) is 13.4. The van der Waals surface area contributed by atoms with Crippen molar-refractivity contribution in [3.63, 3.8) is 0 Å². The summed E-state index contributed by atoms with van der Waals surface area (Å²) in [4.78, 5) is 111. The first-order valence-electron chi connectivity index (χ1n) is 22.0. The third-order valence-corrected chi connectivity index (χ3v) is 9.27. The summed E-state index contributed by atoms with van der Waals surface area (Å²) in [6.07, 6.45) is -2.13. The van der Waals surface area contributed by atoms with Crippen molar-refractivity contribution in [1.82, 2.24) is 4.90 Å². The van der Waals surface area contributed by atoms with Crippen molar-refractivity contribution in [2.75, 3.05) is 111 Å². The van der Waals surface area contributed by atoms with Gasteiger partial charge in [-0.2, -0.15) is 0 Å². The van der Waals surface area contributed by atoms with Crippen LogP contribution in [0.2, 0.25) is 0 Å². The number of hydrogen-bond acceptors (Lipinski definition) is 19. The van der Waals surface area contributed by atoms with E-state index in [1.165, 1.54) is 18.2 Å². The molecule has 3 aromatic carbocycles. The van der Waals surface area contributed by atoms with Gasteiger partial charge in [0.25, 0.3) is 0 Å². The van der Waals surface area contributed by atoms with Gasteiger partial charge < -0.3 is 42.6 Å². The standard InChI is InChI=1S/C48H57N7O18/c1-7-40(56)65-22-25-71-46(62)52-37-28-34(13-10-31(37)4)49-43(59)68-19-16-55(17-20-69-44(60)50-35-14-11-32(5)38(29-35)53-47(63)72-26-23-66-41(57)8-2)18-21-70-45(61)51-36-15-12-33(6)39(30-36)54-48(64)73-27-24-67-42(58)9-3/h7-15,28-30H,1-3,16-27H2,4-6H3,(H,49,59)(H,50,60)(H,51,61)(H,52,62)(H,53,63)(H,54,64). The number of nitrogens with one attached hydrogen (secondary N) is 6. The van der Waals surface area contributed by atoms with Crippen molar-refractivity contribution >= 4 is 88.6 Å². The maximum absolute atomic E-state index is 12.8. The number of anilines is 6. The number of aryl methyl sites for hydroxylation is 3. The molecule has 3 rings (SSSR count). The molecule has 0 aliphatic rings. The summed E-state index contributed by atoms with van der Waals surface area (Å²) in [7, 11) is 0. The van der Waals surface area contributed by atoms with Gasteiger partial charge >= 0.3 is 54.5 Å². The fourth-order valence-electron chi connectivity index (χ4n) is 5.55. The third kappa shape index (κ3) is 23.8. The van der Waals surface area contributed by atoms with Crippen molar-refractivity contribution in [2.45, 2.75) is 20.8 Å². The smallest absolute Gasteiger partial charge is 0.411 e. The molecule has 0 unspecified atom stereocenters.